The van der Waals surface area contributed by atoms with Gasteiger partial charge in [0.25, 0.3) is 0 Å². The first kappa shape index (κ1) is 16.2. The van der Waals surface area contributed by atoms with Crippen LogP contribution in [0.4, 0.5) is 5.82 Å². The lowest BCUT2D eigenvalue weighted by Crippen LogP contribution is -2.37. The fourth-order valence-corrected chi connectivity index (χ4v) is 2.99. The maximum Gasteiger partial charge on any atom is 0.161 e. The molecule has 0 unspecified atom stereocenters. The quantitative estimate of drug-likeness (QED) is 0.907. The average Bonchev–Trinajstić information content (AvgIpc) is 2.62. The number of anilines is 1. The zero-order chi connectivity index (χ0) is 16.1. The molecule has 1 aliphatic heterocycles. The van der Waals surface area contributed by atoms with Crippen LogP contribution in [-0.2, 0) is 17.1 Å². The van der Waals surface area contributed by atoms with E-state index in [2.05, 4.69) is 17.2 Å². The summed E-state index contributed by atoms with van der Waals surface area (Å²) in [5.74, 6) is 2.57. The molecule has 1 aliphatic rings. The van der Waals surface area contributed by atoms with Crippen LogP contribution in [0.2, 0.25) is 0 Å². The van der Waals surface area contributed by atoms with Gasteiger partial charge in [-0.15, -0.1) is 0 Å². The van der Waals surface area contributed by atoms with E-state index in [1.54, 1.807) is 11.8 Å². The van der Waals surface area contributed by atoms with Gasteiger partial charge in [-0.25, -0.2) is 9.97 Å². The van der Waals surface area contributed by atoms with Crippen molar-refractivity contribution in [3.63, 3.8) is 0 Å². The summed E-state index contributed by atoms with van der Waals surface area (Å²) in [7, 11) is 0. The Morgan fingerprint density at radius 2 is 1.91 bits per heavy atom. The molecule has 6 heteroatoms. The summed E-state index contributed by atoms with van der Waals surface area (Å²) in [5.41, 5.74) is 2.90. The van der Waals surface area contributed by atoms with E-state index in [0.29, 0.717) is 0 Å². The van der Waals surface area contributed by atoms with E-state index in [1.165, 1.54) is 0 Å². The smallest absolute Gasteiger partial charge is 0.161 e. The standard InChI is InChI=1S/C17H21N3O2S/c1-23-12-15-10-16(20-6-8-22-9-7-20)19-17(18-15)14-4-2-13(11-21)3-5-14/h2-5,10,21H,6-9,11-12H2,1H3. The molecule has 1 saturated heterocycles. The molecule has 0 bridgehead atoms. The van der Waals surface area contributed by atoms with Crippen molar-refractivity contribution in [2.45, 2.75) is 12.4 Å². The average molecular weight is 331 g/mol. The minimum absolute atomic E-state index is 0.0483. The second-order valence-corrected chi connectivity index (χ2v) is 6.29. The van der Waals surface area contributed by atoms with Crippen molar-refractivity contribution in [2.75, 3.05) is 37.5 Å². The molecule has 122 valence electrons. The Balaban J connectivity index is 1.95. The van der Waals surface area contributed by atoms with E-state index < -0.39 is 0 Å². The second-order valence-electron chi connectivity index (χ2n) is 5.43. The number of rotatable bonds is 5. The first-order chi connectivity index (χ1) is 11.3. The maximum absolute atomic E-state index is 9.17. The third kappa shape index (κ3) is 4.02. The molecule has 23 heavy (non-hydrogen) atoms. The van der Waals surface area contributed by atoms with Gasteiger partial charge in [0.05, 0.1) is 25.5 Å². The van der Waals surface area contributed by atoms with Gasteiger partial charge in [0, 0.05) is 30.5 Å². The number of hydrogen-bond donors (Lipinski definition) is 1. The van der Waals surface area contributed by atoms with E-state index in [-0.39, 0.29) is 6.61 Å². The number of thioether (sulfide) groups is 1. The first-order valence-electron chi connectivity index (χ1n) is 7.70. The summed E-state index contributed by atoms with van der Waals surface area (Å²) >= 11 is 1.75. The van der Waals surface area contributed by atoms with Gasteiger partial charge in [0.2, 0.25) is 0 Å². The number of benzene rings is 1. The number of nitrogens with zero attached hydrogens (tertiary/aromatic N) is 3. The fraction of sp³-hybridized carbons (Fsp3) is 0.412. The van der Waals surface area contributed by atoms with Gasteiger partial charge in [-0.05, 0) is 11.8 Å². The van der Waals surface area contributed by atoms with Crippen LogP contribution < -0.4 is 4.90 Å². The molecule has 5 nitrogen and oxygen atoms in total. The third-order valence-electron chi connectivity index (χ3n) is 3.79. The number of aromatic nitrogens is 2. The number of ether oxygens (including phenoxy) is 1. The Kier molecular flexibility index (Phi) is 5.48. The molecule has 0 aliphatic carbocycles. The molecule has 0 radical (unpaired) electrons. The van der Waals surface area contributed by atoms with Crippen LogP contribution in [0.1, 0.15) is 11.3 Å². The lowest BCUT2D eigenvalue weighted by molar-refractivity contribution is 0.122. The highest BCUT2D eigenvalue weighted by molar-refractivity contribution is 7.97. The highest BCUT2D eigenvalue weighted by atomic mass is 32.2. The van der Waals surface area contributed by atoms with Gasteiger partial charge in [-0.3, -0.25) is 0 Å². The highest BCUT2D eigenvalue weighted by Crippen LogP contribution is 2.23. The predicted molar refractivity (Wildman–Crippen MR) is 93.6 cm³/mol. The van der Waals surface area contributed by atoms with E-state index >= 15 is 0 Å². The zero-order valence-corrected chi connectivity index (χ0v) is 14.1. The van der Waals surface area contributed by atoms with Crippen LogP contribution in [0.5, 0.6) is 0 Å². The number of hydrogen-bond acceptors (Lipinski definition) is 6. The van der Waals surface area contributed by atoms with Crippen LogP contribution in [0.25, 0.3) is 11.4 Å². The summed E-state index contributed by atoms with van der Waals surface area (Å²) in [4.78, 5) is 11.7. The van der Waals surface area contributed by atoms with Crippen molar-refractivity contribution < 1.29 is 9.84 Å². The number of aliphatic hydroxyl groups excluding tert-OH is 1. The van der Waals surface area contributed by atoms with Gasteiger partial charge < -0.3 is 14.7 Å². The SMILES string of the molecule is CSCc1cc(N2CCOCC2)nc(-c2ccc(CO)cc2)n1. The molecule has 0 atom stereocenters. The van der Waals surface area contributed by atoms with Crippen molar-refractivity contribution in [1.82, 2.24) is 9.97 Å². The van der Waals surface area contributed by atoms with Gasteiger partial charge in [0.1, 0.15) is 5.82 Å². The van der Waals surface area contributed by atoms with Crippen LogP contribution in [0.3, 0.4) is 0 Å². The Bertz CT molecular complexity index is 643. The Labute approximate surface area is 140 Å². The van der Waals surface area contributed by atoms with E-state index in [9.17, 15) is 5.11 Å². The molecule has 1 aromatic carbocycles. The molecule has 2 aromatic rings. The zero-order valence-electron chi connectivity index (χ0n) is 13.2. The summed E-state index contributed by atoms with van der Waals surface area (Å²) < 4.78 is 5.43. The monoisotopic (exact) mass is 331 g/mol. The Morgan fingerprint density at radius 1 is 1.17 bits per heavy atom. The van der Waals surface area contributed by atoms with Crippen molar-refractivity contribution in [3.8, 4) is 11.4 Å². The molecule has 0 amide bonds. The van der Waals surface area contributed by atoms with Gasteiger partial charge in [-0.2, -0.15) is 11.8 Å². The van der Waals surface area contributed by atoms with Gasteiger partial charge in [0.15, 0.2) is 5.82 Å². The topological polar surface area (TPSA) is 58.5 Å². The summed E-state index contributed by atoms with van der Waals surface area (Å²) in [6, 6.07) is 9.83. The molecule has 1 N–H and O–H groups in total. The molecular weight excluding hydrogens is 310 g/mol. The normalized spacial score (nSPS) is 15.0. The van der Waals surface area contributed by atoms with E-state index in [0.717, 1.165) is 60.5 Å². The Morgan fingerprint density at radius 3 is 2.57 bits per heavy atom. The largest absolute Gasteiger partial charge is 0.392 e. The second kappa shape index (κ2) is 7.77. The minimum Gasteiger partial charge on any atom is -0.392 e. The van der Waals surface area contributed by atoms with Crippen molar-refractivity contribution in [3.05, 3.63) is 41.6 Å². The first-order valence-corrected chi connectivity index (χ1v) is 9.09. The summed E-state index contributed by atoms with van der Waals surface area (Å²) in [5, 5.41) is 9.17. The molecule has 2 heterocycles. The maximum atomic E-state index is 9.17. The van der Waals surface area contributed by atoms with Crippen LogP contribution >= 0.6 is 11.8 Å². The van der Waals surface area contributed by atoms with Crippen LogP contribution in [0, 0.1) is 0 Å². The van der Waals surface area contributed by atoms with Gasteiger partial charge >= 0.3 is 0 Å². The summed E-state index contributed by atoms with van der Waals surface area (Å²) in [6.45, 7) is 3.24. The molecule has 0 spiro atoms. The van der Waals surface area contributed by atoms with Crippen molar-refractivity contribution in [1.29, 1.82) is 0 Å². The van der Waals surface area contributed by atoms with E-state index in [4.69, 9.17) is 14.7 Å². The summed E-state index contributed by atoms with van der Waals surface area (Å²) in [6.07, 6.45) is 2.08. The predicted octanol–water partition coefficient (Wildman–Crippen LogP) is 2.34. The Hall–Kier alpha value is -1.63. The van der Waals surface area contributed by atoms with Crippen molar-refractivity contribution >= 4 is 17.6 Å². The molecule has 1 aromatic heterocycles. The molecule has 0 saturated carbocycles. The third-order valence-corrected chi connectivity index (χ3v) is 4.37. The van der Waals surface area contributed by atoms with Crippen molar-refractivity contribution in [2.24, 2.45) is 0 Å². The number of morpholine rings is 1. The number of aliphatic hydroxyl groups is 1. The lowest BCUT2D eigenvalue weighted by Gasteiger charge is -2.28. The van der Waals surface area contributed by atoms with Gasteiger partial charge in [-0.1, -0.05) is 24.3 Å². The highest BCUT2D eigenvalue weighted by Gasteiger charge is 2.15. The lowest BCUT2D eigenvalue weighted by atomic mass is 10.1. The van der Waals surface area contributed by atoms with Crippen LogP contribution in [0.15, 0.2) is 30.3 Å². The fourth-order valence-electron chi connectivity index (χ4n) is 2.55. The van der Waals surface area contributed by atoms with E-state index in [1.807, 2.05) is 24.3 Å². The molecule has 1 fully saturated rings. The minimum atomic E-state index is 0.0483. The molecular formula is C17H21N3O2S. The van der Waals surface area contributed by atoms with Crippen LogP contribution in [-0.4, -0.2) is 47.6 Å². The molecule has 3 rings (SSSR count).